The summed E-state index contributed by atoms with van der Waals surface area (Å²) in [6.45, 7) is 4.28. The van der Waals surface area contributed by atoms with Gasteiger partial charge in [-0.2, -0.15) is 0 Å². The van der Waals surface area contributed by atoms with Gasteiger partial charge in [0.05, 0.1) is 5.41 Å². The number of carboxylic acid groups (broad SMARTS) is 2. The summed E-state index contributed by atoms with van der Waals surface area (Å²) in [5.74, 6) is -2.30. The highest BCUT2D eigenvalue weighted by Gasteiger charge is 2.47. The topological polar surface area (TPSA) is 74.6 Å². The van der Waals surface area contributed by atoms with Crippen LogP contribution in [0.25, 0.3) is 0 Å². The zero-order chi connectivity index (χ0) is 18.7. The van der Waals surface area contributed by atoms with Gasteiger partial charge in [0, 0.05) is 11.5 Å². The van der Waals surface area contributed by atoms with Crippen LogP contribution in [0.2, 0.25) is 0 Å². The number of hydrogen-bond acceptors (Lipinski definition) is 2. The van der Waals surface area contributed by atoms with Crippen molar-refractivity contribution >= 4 is 11.9 Å². The molecule has 0 bridgehead atoms. The van der Waals surface area contributed by atoms with Crippen molar-refractivity contribution < 1.29 is 19.8 Å². The fourth-order valence-corrected chi connectivity index (χ4v) is 3.85. The first kappa shape index (κ1) is 21.5. The molecule has 0 spiro atoms. The van der Waals surface area contributed by atoms with Crippen LogP contribution < -0.4 is 0 Å². The van der Waals surface area contributed by atoms with E-state index in [4.69, 9.17) is 0 Å². The lowest BCUT2D eigenvalue weighted by Crippen LogP contribution is -2.41. The molecule has 0 saturated carbocycles. The maximum atomic E-state index is 12.2. The minimum Gasteiger partial charge on any atom is -0.481 e. The minimum atomic E-state index is -1.07. The Morgan fingerprint density at radius 2 is 1.56 bits per heavy atom. The van der Waals surface area contributed by atoms with Crippen LogP contribution in [-0.4, -0.2) is 22.2 Å². The number of allylic oxidation sites excluding steroid dienone is 2. The zero-order valence-electron chi connectivity index (χ0n) is 15.8. The molecule has 2 atom stereocenters. The summed E-state index contributed by atoms with van der Waals surface area (Å²) in [4.78, 5) is 23.9. The van der Waals surface area contributed by atoms with Crippen LogP contribution in [0.3, 0.4) is 0 Å². The van der Waals surface area contributed by atoms with Gasteiger partial charge >= 0.3 is 11.9 Å². The highest BCUT2D eigenvalue weighted by Crippen LogP contribution is 2.45. The average molecular weight is 350 g/mol. The van der Waals surface area contributed by atoms with Crippen molar-refractivity contribution in [2.75, 3.05) is 0 Å². The molecule has 0 amide bonds. The van der Waals surface area contributed by atoms with Crippen LogP contribution in [0, 0.1) is 11.3 Å². The predicted octanol–water partition coefficient (Wildman–Crippen LogP) is 5.59. The van der Waals surface area contributed by atoms with Crippen molar-refractivity contribution in [3.05, 3.63) is 23.8 Å². The van der Waals surface area contributed by atoms with Crippen molar-refractivity contribution in [2.24, 2.45) is 11.3 Å². The molecule has 4 heteroatoms. The fourth-order valence-electron chi connectivity index (χ4n) is 3.85. The normalized spacial score (nSPS) is 22.6. The van der Waals surface area contributed by atoms with Gasteiger partial charge in [0.1, 0.15) is 0 Å². The van der Waals surface area contributed by atoms with Gasteiger partial charge in [-0.3, -0.25) is 4.79 Å². The first-order chi connectivity index (χ1) is 12.0. The monoisotopic (exact) mass is 350 g/mol. The molecule has 142 valence electrons. The van der Waals surface area contributed by atoms with E-state index in [1.165, 1.54) is 6.42 Å². The number of aliphatic carboxylic acids is 2. The smallest absolute Gasteiger partial charge is 0.331 e. The van der Waals surface area contributed by atoms with Gasteiger partial charge in [-0.1, -0.05) is 89.9 Å². The zero-order valence-corrected chi connectivity index (χ0v) is 15.8. The van der Waals surface area contributed by atoms with E-state index in [0.29, 0.717) is 12.8 Å². The van der Waals surface area contributed by atoms with Crippen LogP contribution in [0.4, 0.5) is 0 Å². The molecule has 2 unspecified atom stereocenters. The summed E-state index contributed by atoms with van der Waals surface area (Å²) in [5, 5.41) is 19.6. The SMILES string of the molecule is CCCCCCCC1C(C(=O)O)=CC=CC1(CCCCCC)C(=O)O. The molecule has 1 aliphatic carbocycles. The molecule has 0 aliphatic heterocycles. The Balaban J connectivity index is 2.91. The number of unbranched alkanes of at least 4 members (excludes halogenated alkanes) is 7. The van der Waals surface area contributed by atoms with Gasteiger partial charge in [0.2, 0.25) is 0 Å². The Hall–Kier alpha value is -1.58. The lowest BCUT2D eigenvalue weighted by atomic mass is 9.64. The van der Waals surface area contributed by atoms with Crippen molar-refractivity contribution in [3.63, 3.8) is 0 Å². The van der Waals surface area contributed by atoms with Gasteiger partial charge in [-0.25, -0.2) is 4.79 Å². The Kier molecular flexibility index (Phi) is 9.54. The molecule has 2 N–H and O–H groups in total. The Bertz CT molecular complexity index is 492. The van der Waals surface area contributed by atoms with Gasteiger partial charge in [0.25, 0.3) is 0 Å². The first-order valence-electron chi connectivity index (χ1n) is 9.85. The highest BCUT2D eigenvalue weighted by molar-refractivity contribution is 5.91. The van der Waals surface area contributed by atoms with Crippen molar-refractivity contribution in [3.8, 4) is 0 Å². The Morgan fingerprint density at radius 3 is 2.12 bits per heavy atom. The molecule has 0 heterocycles. The van der Waals surface area contributed by atoms with Crippen molar-refractivity contribution in [1.29, 1.82) is 0 Å². The van der Waals surface area contributed by atoms with Crippen LogP contribution >= 0.6 is 0 Å². The van der Waals surface area contributed by atoms with Crippen molar-refractivity contribution in [1.82, 2.24) is 0 Å². The van der Waals surface area contributed by atoms with E-state index in [2.05, 4.69) is 13.8 Å². The second-order valence-electron chi connectivity index (χ2n) is 7.20. The van der Waals surface area contributed by atoms with Crippen LogP contribution in [-0.2, 0) is 9.59 Å². The largest absolute Gasteiger partial charge is 0.481 e. The molecule has 25 heavy (non-hydrogen) atoms. The third kappa shape index (κ3) is 6.02. The van der Waals surface area contributed by atoms with Crippen LogP contribution in [0.5, 0.6) is 0 Å². The van der Waals surface area contributed by atoms with E-state index in [0.717, 1.165) is 51.4 Å². The number of hydrogen-bond donors (Lipinski definition) is 2. The molecule has 0 aromatic heterocycles. The summed E-state index contributed by atoms with van der Waals surface area (Å²) in [6.07, 6.45) is 15.5. The predicted molar refractivity (Wildman–Crippen MR) is 101 cm³/mol. The molecule has 0 fully saturated rings. The molecular formula is C21H34O4. The van der Waals surface area contributed by atoms with E-state index >= 15 is 0 Å². The molecule has 4 nitrogen and oxygen atoms in total. The number of rotatable bonds is 13. The molecule has 0 aromatic carbocycles. The van der Waals surface area contributed by atoms with Gasteiger partial charge in [0.15, 0.2) is 0 Å². The lowest BCUT2D eigenvalue weighted by Gasteiger charge is -2.37. The summed E-state index contributed by atoms with van der Waals surface area (Å²) < 4.78 is 0. The minimum absolute atomic E-state index is 0.260. The average Bonchev–Trinajstić information content (AvgIpc) is 2.58. The first-order valence-corrected chi connectivity index (χ1v) is 9.85. The molecule has 1 aliphatic rings. The van der Waals surface area contributed by atoms with E-state index < -0.39 is 23.3 Å². The molecule has 0 aromatic rings. The molecular weight excluding hydrogens is 316 g/mol. The van der Waals surface area contributed by atoms with E-state index in [1.54, 1.807) is 18.2 Å². The summed E-state index contributed by atoms with van der Waals surface area (Å²) in [7, 11) is 0. The van der Waals surface area contributed by atoms with E-state index in [9.17, 15) is 19.8 Å². The maximum absolute atomic E-state index is 12.2. The molecule has 1 rings (SSSR count). The van der Waals surface area contributed by atoms with Gasteiger partial charge in [-0.15, -0.1) is 0 Å². The van der Waals surface area contributed by atoms with Gasteiger partial charge in [-0.05, 0) is 12.8 Å². The lowest BCUT2D eigenvalue weighted by molar-refractivity contribution is -0.149. The van der Waals surface area contributed by atoms with E-state index in [-0.39, 0.29) is 5.57 Å². The van der Waals surface area contributed by atoms with Crippen LogP contribution in [0.15, 0.2) is 23.8 Å². The Morgan fingerprint density at radius 1 is 0.960 bits per heavy atom. The standard InChI is InChI=1S/C21H34O4/c1-3-5-7-9-10-14-18-17(19(22)23)13-12-16-21(18,20(24)25)15-11-8-6-4-2/h12-13,16,18H,3-11,14-15H2,1-2H3,(H,22,23)(H,24,25). The van der Waals surface area contributed by atoms with Crippen LogP contribution in [0.1, 0.15) is 84.5 Å². The maximum Gasteiger partial charge on any atom is 0.331 e. The number of carbonyl (C=O) groups is 2. The second-order valence-corrected chi connectivity index (χ2v) is 7.20. The summed E-state index contributed by atoms with van der Waals surface area (Å²) >= 11 is 0. The van der Waals surface area contributed by atoms with Crippen molar-refractivity contribution in [2.45, 2.75) is 84.5 Å². The fraction of sp³-hybridized carbons (Fsp3) is 0.714. The molecule has 0 radical (unpaired) electrons. The Labute approximate surface area is 152 Å². The van der Waals surface area contributed by atoms with Gasteiger partial charge < -0.3 is 10.2 Å². The van der Waals surface area contributed by atoms with E-state index in [1.807, 2.05) is 0 Å². The molecule has 0 saturated heterocycles. The third-order valence-corrected chi connectivity index (χ3v) is 5.35. The summed E-state index contributed by atoms with van der Waals surface area (Å²) in [5.41, 5.74) is -0.808. The highest BCUT2D eigenvalue weighted by atomic mass is 16.4. The second kappa shape index (κ2) is 11.1. The summed E-state index contributed by atoms with van der Waals surface area (Å²) in [6, 6.07) is 0. The number of carboxylic acids is 2. The third-order valence-electron chi connectivity index (χ3n) is 5.35. The quantitative estimate of drug-likeness (QED) is 0.425.